The number of ether oxygens (including phenoxy) is 2. The molecule has 0 aliphatic heterocycles. The zero-order valence-electron chi connectivity index (χ0n) is 11.8. The van der Waals surface area contributed by atoms with Crippen molar-refractivity contribution in [3.05, 3.63) is 54.1 Å². The molecule has 0 N–H and O–H groups in total. The lowest BCUT2D eigenvalue weighted by Gasteiger charge is -2.12. The van der Waals surface area contributed by atoms with Crippen LogP contribution >= 0.6 is 0 Å². The molecule has 2 aromatic rings. The van der Waals surface area contributed by atoms with Crippen molar-refractivity contribution in [2.75, 3.05) is 6.61 Å². The maximum Gasteiger partial charge on any atom is 0.169 e. The Hall–Kier alpha value is -2.29. The van der Waals surface area contributed by atoms with Crippen LogP contribution in [-0.2, 0) is 0 Å². The highest BCUT2D eigenvalue weighted by atomic mass is 16.5. The fraction of sp³-hybridized carbons (Fsp3) is 0.235. The minimum atomic E-state index is 0.0194. The number of rotatable bonds is 6. The molecule has 3 nitrogen and oxygen atoms in total. The largest absolute Gasteiger partial charge is 0.490 e. The van der Waals surface area contributed by atoms with Gasteiger partial charge in [0.15, 0.2) is 17.3 Å². The van der Waals surface area contributed by atoms with Crippen LogP contribution in [0, 0.1) is 0 Å². The fourth-order valence-electron chi connectivity index (χ4n) is 1.77. The SMILES string of the molecule is CCCOc1ccccc1Oc1cccc(C(C)=O)c1. The minimum Gasteiger partial charge on any atom is -0.490 e. The smallest absolute Gasteiger partial charge is 0.169 e. The maximum atomic E-state index is 11.4. The summed E-state index contributed by atoms with van der Waals surface area (Å²) in [5, 5.41) is 0. The second-order valence-corrected chi connectivity index (χ2v) is 4.48. The lowest BCUT2D eigenvalue weighted by atomic mass is 10.1. The van der Waals surface area contributed by atoms with Gasteiger partial charge in [-0.15, -0.1) is 0 Å². The Balaban J connectivity index is 2.21. The third kappa shape index (κ3) is 3.60. The number of para-hydroxylation sites is 2. The van der Waals surface area contributed by atoms with E-state index in [0.717, 1.165) is 6.42 Å². The van der Waals surface area contributed by atoms with E-state index in [9.17, 15) is 4.79 Å². The number of hydrogen-bond donors (Lipinski definition) is 0. The van der Waals surface area contributed by atoms with Crippen LogP contribution in [0.2, 0.25) is 0 Å². The summed E-state index contributed by atoms with van der Waals surface area (Å²) in [6, 6.07) is 14.7. The van der Waals surface area contributed by atoms with Gasteiger partial charge >= 0.3 is 0 Å². The van der Waals surface area contributed by atoms with Crippen molar-refractivity contribution in [2.24, 2.45) is 0 Å². The van der Waals surface area contributed by atoms with Gasteiger partial charge in [-0.2, -0.15) is 0 Å². The van der Waals surface area contributed by atoms with Crippen molar-refractivity contribution in [3.63, 3.8) is 0 Å². The van der Waals surface area contributed by atoms with Crippen LogP contribution in [0.4, 0.5) is 0 Å². The minimum absolute atomic E-state index is 0.0194. The first kappa shape index (κ1) is 14.1. The molecule has 0 spiro atoms. The molecular weight excluding hydrogens is 252 g/mol. The van der Waals surface area contributed by atoms with Crippen LogP contribution in [0.15, 0.2) is 48.5 Å². The Morgan fingerprint density at radius 2 is 1.80 bits per heavy atom. The molecule has 0 atom stereocenters. The molecule has 0 aliphatic rings. The van der Waals surface area contributed by atoms with E-state index in [4.69, 9.17) is 9.47 Å². The highest BCUT2D eigenvalue weighted by Crippen LogP contribution is 2.31. The number of Topliss-reactive ketones (excluding diaryl/α,β-unsaturated/α-hetero) is 1. The third-order valence-corrected chi connectivity index (χ3v) is 2.78. The van der Waals surface area contributed by atoms with E-state index >= 15 is 0 Å². The molecule has 2 rings (SSSR count). The predicted octanol–water partition coefficient (Wildman–Crippen LogP) is 4.47. The van der Waals surface area contributed by atoms with Gasteiger partial charge in [0.05, 0.1) is 6.61 Å². The normalized spacial score (nSPS) is 10.1. The second-order valence-electron chi connectivity index (χ2n) is 4.48. The number of ketones is 1. The Morgan fingerprint density at radius 3 is 2.50 bits per heavy atom. The molecule has 0 saturated carbocycles. The Labute approximate surface area is 119 Å². The second kappa shape index (κ2) is 6.75. The van der Waals surface area contributed by atoms with Crippen molar-refractivity contribution in [1.82, 2.24) is 0 Å². The van der Waals surface area contributed by atoms with Crippen LogP contribution < -0.4 is 9.47 Å². The van der Waals surface area contributed by atoms with Gasteiger partial charge in [-0.3, -0.25) is 4.79 Å². The molecular formula is C17H18O3. The lowest BCUT2D eigenvalue weighted by molar-refractivity contribution is 0.101. The average molecular weight is 270 g/mol. The van der Waals surface area contributed by atoms with Gasteiger partial charge < -0.3 is 9.47 Å². The molecule has 2 aromatic carbocycles. The van der Waals surface area contributed by atoms with Gasteiger partial charge in [0.2, 0.25) is 0 Å². The van der Waals surface area contributed by atoms with Gasteiger partial charge in [-0.25, -0.2) is 0 Å². The van der Waals surface area contributed by atoms with E-state index in [1.165, 1.54) is 6.92 Å². The summed E-state index contributed by atoms with van der Waals surface area (Å²) in [6.45, 7) is 4.24. The molecule has 0 fully saturated rings. The molecule has 3 heteroatoms. The first-order chi connectivity index (χ1) is 9.70. The molecule has 0 radical (unpaired) electrons. The number of hydrogen-bond acceptors (Lipinski definition) is 3. The van der Waals surface area contributed by atoms with Crippen molar-refractivity contribution in [3.8, 4) is 17.2 Å². The first-order valence-electron chi connectivity index (χ1n) is 6.71. The van der Waals surface area contributed by atoms with Gasteiger partial charge in [0.1, 0.15) is 5.75 Å². The summed E-state index contributed by atoms with van der Waals surface area (Å²) in [7, 11) is 0. The van der Waals surface area contributed by atoms with E-state index in [-0.39, 0.29) is 5.78 Å². The summed E-state index contributed by atoms with van der Waals surface area (Å²) in [5.74, 6) is 2.01. The molecule has 20 heavy (non-hydrogen) atoms. The first-order valence-corrected chi connectivity index (χ1v) is 6.71. The third-order valence-electron chi connectivity index (χ3n) is 2.78. The average Bonchev–Trinajstić information content (AvgIpc) is 2.46. The molecule has 0 unspecified atom stereocenters. The molecule has 0 heterocycles. The molecule has 0 aromatic heterocycles. The van der Waals surface area contributed by atoms with Crippen LogP contribution in [0.25, 0.3) is 0 Å². The van der Waals surface area contributed by atoms with E-state index in [2.05, 4.69) is 6.92 Å². The van der Waals surface area contributed by atoms with Crippen molar-refractivity contribution in [1.29, 1.82) is 0 Å². The zero-order chi connectivity index (χ0) is 14.4. The van der Waals surface area contributed by atoms with Gasteiger partial charge in [0.25, 0.3) is 0 Å². The predicted molar refractivity (Wildman–Crippen MR) is 78.7 cm³/mol. The lowest BCUT2D eigenvalue weighted by Crippen LogP contribution is -1.98. The summed E-state index contributed by atoms with van der Waals surface area (Å²) < 4.78 is 11.5. The molecule has 104 valence electrons. The van der Waals surface area contributed by atoms with Crippen LogP contribution in [0.1, 0.15) is 30.6 Å². The molecule has 0 amide bonds. The summed E-state index contributed by atoms with van der Waals surface area (Å²) in [5.41, 5.74) is 0.634. The van der Waals surface area contributed by atoms with Crippen molar-refractivity contribution < 1.29 is 14.3 Å². The van der Waals surface area contributed by atoms with E-state index in [0.29, 0.717) is 29.4 Å². The van der Waals surface area contributed by atoms with Crippen LogP contribution in [-0.4, -0.2) is 12.4 Å². The van der Waals surface area contributed by atoms with E-state index in [1.54, 1.807) is 12.1 Å². The van der Waals surface area contributed by atoms with E-state index < -0.39 is 0 Å². The number of carbonyl (C=O) groups excluding carboxylic acids is 1. The summed E-state index contributed by atoms with van der Waals surface area (Å²) in [4.78, 5) is 11.4. The van der Waals surface area contributed by atoms with Gasteiger partial charge in [-0.1, -0.05) is 31.2 Å². The molecule has 0 aliphatic carbocycles. The standard InChI is InChI=1S/C17H18O3/c1-3-11-19-16-9-4-5-10-17(16)20-15-8-6-7-14(12-15)13(2)18/h4-10,12H,3,11H2,1-2H3. The highest BCUT2D eigenvalue weighted by Gasteiger charge is 2.07. The quantitative estimate of drug-likeness (QED) is 0.726. The van der Waals surface area contributed by atoms with Crippen LogP contribution in [0.3, 0.4) is 0 Å². The van der Waals surface area contributed by atoms with Crippen LogP contribution in [0.5, 0.6) is 17.2 Å². The summed E-state index contributed by atoms with van der Waals surface area (Å²) in [6.07, 6.45) is 0.939. The Bertz CT molecular complexity index is 590. The van der Waals surface area contributed by atoms with Crippen molar-refractivity contribution >= 4 is 5.78 Å². The highest BCUT2D eigenvalue weighted by molar-refractivity contribution is 5.94. The summed E-state index contributed by atoms with van der Waals surface area (Å²) >= 11 is 0. The van der Waals surface area contributed by atoms with Crippen molar-refractivity contribution in [2.45, 2.75) is 20.3 Å². The topological polar surface area (TPSA) is 35.5 Å². The monoisotopic (exact) mass is 270 g/mol. The number of carbonyl (C=O) groups is 1. The van der Waals surface area contributed by atoms with E-state index in [1.807, 2.05) is 36.4 Å². The molecule has 0 bridgehead atoms. The molecule has 0 saturated heterocycles. The maximum absolute atomic E-state index is 11.4. The van der Waals surface area contributed by atoms with Gasteiger partial charge in [0, 0.05) is 5.56 Å². The fourth-order valence-corrected chi connectivity index (χ4v) is 1.77. The Morgan fingerprint density at radius 1 is 1.05 bits per heavy atom. The zero-order valence-corrected chi connectivity index (χ0v) is 11.8. The Kier molecular flexibility index (Phi) is 4.77. The number of benzene rings is 2. The van der Waals surface area contributed by atoms with Gasteiger partial charge in [-0.05, 0) is 37.6 Å².